The highest BCUT2D eigenvalue weighted by molar-refractivity contribution is 5.80. The number of amides is 1. The molecular weight excluding hydrogens is 911 g/mol. The van der Waals surface area contributed by atoms with Crippen molar-refractivity contribution < 1.29 is 25.2 Å². The third-order valence-electron chi connectivity index (χ3n) is 16.1. The number of carbonyl (C=O) groups is 1. The fourth-order valence-electron chi connectivity index (χ4n) is 10.9. The maximum atomic E-state index is 12.6. The van der Waals surface area contributed by atoms with Crippen molar-refractivity contribution in [3.63, 3.8) is 0 Å². The topological polar surface area (TPSA) is 110 Å². The van der Waals surface area contributed by atoms with E-state index in [0.717, 1.165) is 38.5 Å². The van der Waals surface area contributed by atoms with Gasteiger partial charge in [0.2, 0.25) is 5.91 Å². The molecular formula is C68H133NO5. The first-order chi connectivity index (χ1) is 36.5. The van der Waals surface area contributed by atoms with Crippen LogP contribution in [0.5, 0.6) is 0 Å². The van der Waals surface area contributed by atoms with Gasteiger partial charge in [0.05, 0.1) is 18.8 Å². The highest BCUT2D eigenvalue weighted by atomic mass is 16.3. The second kappa shape index (κ2) is 62.6. The summed E-state index contributed by atoms with van der Waals surface area (Å²) in [5, 5.41) is 44.1. The summed E-state index contributed by atoms with van der Waals surface area (Å²) in [6.07, 6.45) is 78.7. The van der Waals surface area contributed by atoms with E-state index < -0.39 is 36.9 Å². The van der Waals surface area contributed by atoms with Crippen molar-refractivity contribution in [3.05, 3.63) is 24.3 Å². The Kier molecular flexibility index (Phi) is 61.6. The Labute approximate surface area is 463 Å². The van der Waals surface area contributed by atoms with Gasteiger partial charge >= 0.3 is 0 Å². The minimum atomic E-state index is -1.29. The highest BCUT2D eigenvalue weighted by Crippen LogP contribution is 2.19. The lowest BCUT2D eigenvalue weighted by Gasteiger charge is -2.27. The van der Waals surface area contributed by atoms with Crippen LogP contribution in [0.15, 0.2) is 24.3 Å². The first-order valence-corrected chi connectivity index (χ1v) is 33.7. The number of hydrogen-bond donors (Lipinski definition) is 5. The van der Waals surface area contributed by atoms with Gasteiger partial charge in [-0.1, -0.05) is 346 Å². The Morgan fingerprint density at radius 2 is 0.568 bits per heavy atom. The van der Waals surface area contributed by atoms with Gasteiger partial charge in [-0.15, -0.1) is 0 Å². The van der Waals surface area contributed by atoms with Crippen molar-refractivity contribution in [2.75, 3.05) is 6.61 Å². The average Bonchev–Trinajstić information content (AvgIpc) is 3.41. The second-order valence-corrected chi connectivity index (χ2v) is 23.5. The van der Waals surface area contributed by atoms with Crippen LogP contribution in [0.25, 0.3) is 0 Å². The molecule has 0 bridgehead atoms. The first kappa shape index (κ1) is 72.8. The van der Waals surface area contributed by atoms with Crippen LogP contribution in [0.3, 0.4) is 0 Å². The number of hydrogen-bond acceptors (Lipinski definition) is 5. The molecule has 0 heterocycles. The number of carbonyl (C=O) groups excluding carboxylic acids is 1. The number of rotatable bonds is 63. The predicted octanol–water partition coefficient (Wildman–Crippen LogP) is 20.5. The van der Waals surface area contributed by atoms with Gasteiger partial charge in [0.25, 0.3) is 0 Å². The number of nitrogens with one attached hydrogen (secondary N) is 1. The molecule has 0 aliphatic rings. The summed E-state index contributed by atoms with van der Waals surface area (Å²) >= 11 is 0. The molecule has 74 heavy (non-hydrogen) atoms. The number of allylic oxidation sites excluding steroid dienone is 4. The SMILES string of the molecule is CCCCCCCCCCCCCCCCCCCCCCCCC/C=C/CC/C=C/CCCC(O)C(O)C(CO)NC(=O)C(O)CCCCCCCCCCCCCCCCCCCCCCCCCCCC. The second-order valence-electron chi connectivity index (χ2n) is 23.5. The number of aliphatic hydroxyl groups is 4. The summed E-state index contributed by atoms with van der Waals surface area (Å²) < 4.78 is 0. The Morgan fingerprint density at radius 1 is 0.324 bits per heavy atom. The van der Waals surface area contributed by atoms with E-state index in [0.29, 0.717) is 19.3 Å². The summed E-state index contributed by atoms with van der Waals surface area (Å²) in [7, 11) is 0. The molecule has 0 fully saturated rings. The molecule has 5 N–H and O–H groups in total. The van der Waals surface area contributed by atoms with Crippen molar-refractivity contribution in [2.24, 2.45) is 0 Å². The molecule has 4 atom stereocenters. The molecule has 440 valence electrons. The van der Waals surface area contributed by atoms with E-state index in [2.05, 4.69) is 43.5 Å². The lowest BCUT2D eigenvalue weighted by molar-refractivity contribution is -0.132. The summed E-state index contributed by atoms with van der Waals surface area (Å²) in [6.45, 7) is 4.10. The van der Waals surface area contributed by atoms with E-state index in [1.807, 2.05) is 0 Å². The molecule has 0 aromatic heterocycles. The normalized spacial score (nSPS) is 13.6. The van der Waals surface area contributed by atoms with Crippen molar-refractivity contribution in [2.45, 2.75) is 398 Å². The minimum absolute atomic E-state index is 0.365. The number of aliphatic hydroxyl groups excluding tert-OH is 4. The van der Waals surface area contributed by atoms with Crippen molar-refractivity contribution in [1.29, 1.82) is 0 Å². The molecule has 0 saturated heterocycles. The zero-order chi connectivity index (χ0) is 53.7. The van der Waals surface area contributed by atoms with Crippen LogP contribution in [0.1, 0.15) is 373 Å². The van der Waals surface area contributed by atoms with E-state index in [-0.39, 0.29) is 0 Å². The van der Waals surface area contributed by atoms with Crippen molar-refractivity contribution >= 4 is 5.91 Å². The van der Waals surface area contributed by atoms with Gasteiger partial charge in [0.1, 0.15) is 12.2 Å². The molecule has 6 heteroatoms. The monoisotopic (exact) mass is 1040 g/mol. The van der Waals surface area contributed by atoms with Gasteiger partial charge in [-0.2, -0.15) is 0 Å². The molecule has 0 radical (unpaired) electrons. The molecule has 1 amide bonds. The van der Waals surface area contributed by atoms with Gasteiger partial charge in [0, 0.05) is 0 Å². The van der Waals surface area contributed by atoms with Gasteiger partial charge in [-0.05, 0) is 51.4 Å². The standard InChI is InChI=1S/C68H133NO5/c1-3-5-7-9-11-13-15-17-19-21-23-25-27-29-31-32-33-34-35-36-38-39-41-43-45-47-49-51-53-55-57-59-61-65(71)67(73)64(63-70)69-68(74)66(72)62-60-58-56-54-52-50-48-46-44-42-40-37-30-28-26-24-22-20-18-16-14-12-10-8-6-4-2/h45,47,53,55,64-67,70-73H,3-44,46,48-52,54,56-63H2,1-2H3,(H,69,74)/b47-45+,55-53+. The van der Waals surface area contributed by atoms with Crippen LogP contribution in [0.4, 0.5) is 0 Å². The smallest absolute Gasteiger partial charge is 0.249 e. The van der Waals surface area contributed by atoms with Gasteiger partial charge in [-0.3, -0.25) is 4.79 Å². The molecule has 0 aliphatic carbocycles. The summed E-state index contributed by atoms with van der Waals surface area (Å²) in [5.41, 5.74) is 0. The van der Waals surface area contributed by atoms with E-state index in [9.17, 15) is 25.2 Å². The Hall–Kier alpha value is -1.21. The molecule has 4 unspecified atom stereocenters. The predicted molar refractivity (Wildman–Crippen MR) is 325 cm³/mol. The van der Waals surface area contributed by atoms with Crippen LogP contribution in [-0.4, -0.2) is 57.3 Å². The third kappa shape index (κ3) is 55.5. The summed E-state index contributed by atoms with van der Waals surface area (Å²) in [6, 6.07) is -1.01. The van der Waals surface area contributed by atoms with Crippen LogP contribution in [-0.2, 0) is 4.79 Å². The minimum Gasteiger partial charge on any atom is -0.394 e. The summed E-state index contributed by atoms with van der Waals surface area (Å²) in [5.74, 6) is -0.590. The van der Waals surface area contributed by atoms with Crippen LogP contribution >= 0.6 is 0 Å². The van der Waals surface area contributed by atoms with E-state index in [4.69, 9.17) is 0 Å². The molecule has 0 saturated carbocycles. The van der Waals surface area contributed by atoms with Gasteiger partial charge < -0.3 is 25.7 Å². The quantitative estimate of drug-likeness (QED) is 0.0308. The lowest BCUT2D eigenvalue weighted by atomic mass is 10.00. The lowest BCUT2D eigenvalue weighted by Crippen LogP contribution is -2.53. The van der Waals surface area contributed by atoms with E-state index in [1.165, 1.54) is 302 Å². The average molecular weight is 1040 g/mol. The van der Waals surface area contributed by atoms with E-state index >= 15 is 0 Å². The first-order valence-electron chi connectivity index (χ1n) is 33.7. The Bertz CT molecular complexity index is 1130. The summed E-state index contributed by atoms with van der Waals surface area (Å²) in [4.78, 5) is 12.6. The van der Waals surface area contributed by atoms with Crippen LogP contribution < -0.4 is 5.32 Å². The van der Waals surface area contributed by atoms with Crippen LogP contribution in [0, 0.1) is 0 Å². The molecule has 0 rings (SSSR count). The van der Waals surface area contributed by atoms with Crippen LogP contribution in [0.2, 0.25) is 0 Å². The Morgan fingerprint density at radius 3 is 0.851 bits per heavy atom. The zero-order valence-electron chi connectivity index (χ0n) is 50.1. The Balaban J connectivity index is 3.59. The van der Waals surface area contributed by atoms with E-state index in [1.54, 1.807) is 0 Å². The molecule has 0 aromatic rings. The fourth-order valence-corrected chi connectivity index (χ4v) is 10.9. The molecule has 0 spiro atoms. The number of unbranched alkanes of at least 4 members (excludes halogenated alkanes) is 50. The molecule has 0 aliphatic heterocycles. The largest absolute Gasteiger partial charge is 0.394 e. The third-order valence-corrected chi connectivity index (χ3v) is 16.1. The van der Waals surface area contributed by atoms with Gasteiger partial charge in [0.15, 0.2) is 0 Å². The zero-order valence-corrected chi connectivity index (χ0v) is 50.1. The van der Waals surface area contributed by atoms with Gasteiger partial charge in [-0.25, -0.2) is 0 Å². The molecule has 0 aromatic carbocycles. The highest BCUT2D eigenvalue weighted by Gasteiger charge is 2.28. The fraction of sp³-hybridized carbons (Fsp3) is 0.926. The van der Waals surface area contributed by atoms with Crippen molar-refractivity contribution in [3.8, 4) is 0 Å². The maximum Gasteiger partial charge on any atom is 0.249 e. The van der Waals surface area contributed by atoms with Crippen molar-refractivity contribution in [1.82, 2.24) is 5.32 Å². The maximum absolute atomic E-state index is 12.6. The molecule has 6 nitrogen and oxygen atoms in total.